The van der Waals surface area contributed by atoms with Crippen molar-refractivity contribution in [2.75, 3.05) is 45.2 Å². The average Bonchev–Trinajstić information content (AvgIpc) is 3.36. The van der Waals surface area contributed by atoms with Crippen molar-refractivity contribution in [1.82, 2.24) is 20.0 Å². The van der Waals surface area contributed by atoms with Crippen molar-refractivity contribution in [3.8, 4) is 11.5 Å². The number of hydrogen-bond acceptors (Lipinski definition) is 6. The molecule has 0 spiro atoms. The van der Waals surface area contributed by atoms with E-state index in [-0.39, 0.29) is 18.0 Å². The van der Waals surface area contributed by atoms with E-state index in [9.17, 15) is 13.2 Å². The summed E-state index contributed by atoms with van der Waals surface area (Å²) in [6.45, 7) is 11.1. The predicted molar refractivity (Wildman–Crippen MR) is 132 cm³/mol. The summed E-state index contributed by atoms with van der Waals surface area (Å²) in [5.41, 5.74) is 2.75. The molecule has 0 N–H and O–H groups in total. The predicted octanol–water partition coefficient (Wildman–Crippen LogP) is 5.39. The molecule has 0 bridgehead atoms. The first-order valence-electron chi connectivity index (χ1n) is 11.6. The number of alkyl halides is 2. The number of likely N-dealkylation sites (N-methyl/N-ethyl adjacent to an activating group) is 2. The van der Waals surface area contributed by atoms with Crippen LogP contribution in [0.1, 0.15) is 30.4 Å². The van der Waals surface area contributed by atoms with Crippen LogP contribution in [0.5, 0.6) is 0 Å². The van der Waals surface area contributed by atoms with Crippen LogP contribution in [-0.2, 0) is 13.0 Å². The number of aryl methyl sites for hydroxylation is 1. The lowest BCUT2D eigenvalue weighted by Crippen LogP contribution is -2.42. The second-order valence-electron chi connectivity index (χ2n) is 8.49. The minimum absolute atomic E-state index is 0.146. The van der Waals surface area contributed by atoms with Crippen LogP contribution in [0.15, 0.2) is 59.7 Å². The second-order valence-corrected chi connectivity index (χ2v) is 8.49. The maximum atomic E-state index is 14.6. The van der Waals surface area contributed by atoms with E-state index in [0.29, 0.717) is 5.56 Å². The third-order valence-electron chi connectivity index (χ3n) is 5.87. The molecule has 2 aromatic carbocycles. The lowest BCUT2D eigenvalue weighted by Gasteiger charge is -2.28. The Bertz CT molecular complexity index is 1090. The SMILES string of the molecule is C=CN(Cc1ccc(-c2nnc(C(F)F)o2)cc1F)c1cccc(CC)c1.CN1CCN(C)CC1. The molecule has 35 heavy (non-hydrogen) atoms. The van der Waals surface area contributed by atoms with E-state index in [2.05, 4.69) is 47.6 Å². The molecule has 0 aliphatic carbocycles. The number of anilines is 1. The highest BCUT2D eigenvalue weighted by Crippen LogP contribution is 2.26. The molecule has 1 aromatic heterocycles. The number of halogens is 3. The van der Waals surface area contributed by atoms with E-state index in [1.807, 2.05) is 29.2 Å². The van der Waals surface area contributed by atoms with Crippen molar-refractivity contribution < 1.29 is 17.6 Å². The standard InChI is InChI=1S/C20H18F3N3O.C6H14N2/c1-3-13-6-5-7-16(10-13)26(4-2)12-15-9-8-14(11-17(15)21)19-24-25-20(27-19)18(22)23;1-7-3-5-8(2)6-4-7/h4-11,18H,2-3,12H2,1H3;3-6H2,1-2H3. The molecule has 0 radical (unpaired) electrons. The highest BCUT2D eigenvalue weighted by molar-refractivity contribution is 5.55. The smallest absolute Gasteiger partial charge is 0.314 e. The molecule has 3 aromatic rings. The summed E-state index contributed by atoms with van der Waals surface area (Å²) in [6.07, 6.45) is -0.336. The highest BCUT2D eigenvalue weighted by Gasteiger charge is 2.18. The van der Waals surface area contributed by atoms with Crippen molar-refractivity contribution in [1.29, 1.82) is 0 Å². The number of nitrogens with zero attached hydrogens (tertiary/aromatic N) is 5. The number of rotatable bonds is 7. The molecule has 1 fully saturated rings. The first-order valence-corrected chi connectivity index (χ1v) is 11.6. The van der Waals surface area contributed by atoms with Gasteiger partial charge in [0.2, 0.25) is 5.89 Å². The summed E-state index contributed by atoms with van der Waals surface area (Å²) in [5.74, 6) is -1.43. The minimum atomic E-state index is -2.87. The van der Waals surface area contributed by atoms with Gasteiger partial charge >= 0.3 is 6.43 Å². The third-order valence-corrected chi connectivity index (χ3v) is 5.87. The maximum Gasteiger partial charge on any atom is 0.314 e. The second kappa shape index (κ2) is 12.5. The monoisotopic (exact) mass is 487 g/mol. The Labute approximate surface area is 204 Å². The molecular formula is C26H32F3N5O. The normalized spacial score (nSPS) is 14.5. The van der Waals surface area contributed by atoms with Crippen LogP contribution in [0.4, 0.5) is 18.9 Å². The summed E-state index contributed by atoms with van der Waals surface area (Å²) in [7, 11) is 4.35. The lowest BCUT2D eigenvalue weighted by molar-refractivity contribution is 0.116. The zero-order chi connectivity index (χ0) is 25.4. The van der Waals surface area contributed by atoms with Crippen molar-refractivity contribution >= 4 is 5.69 Å². The zero-order valence-corrected chi connectivity index (χ0v) is 20.4. The van der Waals surface area contributed by atoms with Crippen LogP contribution in [0.2, 0.25) is 0 Å². The van der Waals surface area contributed by atoms with Crippen LogP contribution in [0.25, 0.3) is 11.5 Å². The minimum Gasteiger partial charge on any atom is -0.415 e. The fourth-order valence-electron chi connectivity index (χ4n) is 3.55. The Kier molecular flexibility index (Phi) is 9.45. The lowest BCUT2D eigenvalue weighted by atomic mass is 10.1. The Morgan fingerprint density at radius 1 is 1.06 bits per heavy atom. The quantitative estimate of drug-likeness (QED) is 0.446. The molecule has 9 heteroatoms. The van der Waals surface area contributed by atoms with Crippen LogP contribution in [-0.4, -0.2) is 60.3 Å². The van der Waals surface area contributed by atoms with Gasteiger partial charge in [-0.05, 0) is 56.5 Å². The van der Waals surface area contributed by atoms with Gasteiger partial charge in [-0.2, -0.15) is 8.78 Å². The molecule has 1 aliphatic heterocycles. The Morgan fingerprint density at radius 2 is 1.74 bits per heavy atom. The van der Waals surface area contributed by atoms with Gasteiger partial charge in [0.05, 0.1) is 6.54 Å². The molecule has 0 saturated carbocycles. The number of piperazine rings is 1. The topological polar surface area (TPSA) is 48.6 Å². The molecular weight excluding hydrogens is 455 g/mol. The van der Waals surface area contributed by atoms with Crippen LogP contribution >= 0.6 is 0 Å². The zero-order valence-electron chi connectivity index (χ0n) is 20.4. The van der Waals surface area contributed by atoms with E-state index in [4.69, 9.17) is 4.42 Å². The van der Waals surface area contributed by atoms with Gasteiger partial charge in [-0.1, -0.05) is 31.7 Å². The number of benzene rings is 2. The summed E-state index contributed by atoms with van der Waals surface area (Å²) < 4.78 is 44.5. The molecule has 6 nitrogen and oxygen atoms in total. The fraction of sp³-hybridized carbons (Fsp3) is 0.385. The highest BCUT2D eigenvalue weighted by atomic mass is 19.3. The third kappa shape index (κ3) is 7.40. The fourth-order valence-corrected chi connectivity index (χ4v) is 3.55. The van der Waals surface area contributed by atoms with E-state index in [0.717, 1.165) is 12.1 Å². The average molecular weight is 488 g/mol. The van der Waals surface area contributed by atoms with Crippen LogP contribution in [0.3, 0.4) is 0 Å². The summed E-state index contributed by atoms with van der Waals surface area (Å²) >= 11 is 0. The van der Waals surface area contributed by atoms with Crippen molar-refractivity contribution in [2.45, 2.75) is 26.3 Å². The first kappa shape index (κ1) is 26.4. The Morgan fingerprint density at radius 3 is 2.29 bits per heavy atom. The Hall–Kier alpha value is -3.17. The molecule has 4 rings (SSSR count). The van der Waals surface area contributed by atoms with Gasteiger partial charge in [-0.25, -0.2) is 4.39 Å². The summed E-state index contributed by atoms with van der Waals surface area (Å²) in [5, 5.41) is 6.78. The summed E-state index contributed by atoms with van der Waals surface area (Å²) in [6, 6.07) is 12.2. The number of aromatic nitrogens is 2. The van der Waals surface area contributed by atoms with Gasteiger partial charge in [-0.3, -0.25) is 0 Å². The van der Waals surface area contributed by atoms with E-state index in [1.54, 1.807) is 18.3 Å². The Balaban J connectivity index is 0.000000363. The molecule has 2 heterocycles. The molecule has 0 unspecified atom stereocenters. The van der Waals surface area contributed by atoms with Gasteiger partial charge in [0.25, 0.3) is 5.89 Å². The largest absolute Gasteiger partial charge is 0.415 e. The van der Waals surface area contributed by atoms with Gasteiger partial charge in [0.1, 0.15) is 5.82 Å². The van der Waals surface area contributed by atoms with Crippen molar-refractivity contribution in [3.05, 3.63) is 78.1 Å². The molecule has 0 atom stereocenters. The van der Waals surface area contributed by atoms with E-state index >= 15 is 0 Å². The summed E-state index contributed by atoms with van der Waals surface area (Å²) in [4.78, 5) is 6.55. The van der Waals surface area contributed by atoms with E-state index < -0.39 is 18.1 Å². The van der Waals surface area contributed by atoms with E-state index in [1.165, 1.54) is 37.8 Å². The van der Waals surface area contributed by atoms with Gasteiger partial charge < -0.3 is 19.1 Å². The molecule has 1 aliphatic rings. The molecule has 0 amide bonds. The van der Waals surface area contributed by atoms with Gasteiger partial charge in [-0.15, -0.1) is 10.2 Å². The molecule has 1 saturated heterocycles. The molecule has 188 valence electrons. The number of hydrogen-bond donors (Lipinski definition) is 0. The van der Waals surface area contributed by atoms with Gasteiger partial charge in [0, 0.05) is 43.0 Å². The van der Waals surface area contributed by atoms with Crippen molar-refractivity contribution in [2.24, 2.45) is 0 Å². The van der Waals surface area contributed by atoms with Crippen LogP contribution < -0.4 is 4.90 Å². The van der Waals surface area contributed by atoms with Gasteiger partial charge in [0.15, 0.2) is 0 Å². The van der Waals surface area contributed by atoms with Crippen LogP contribution in [0, 0.1) is 5.82 Å². The van der Waals surface area contributed by atoms with Crippen molar-refractivity contribution in [3.63, 3.8) is 0 Å². The first-order chi connectivity index (χ1) is 16.8. The maximum absolute atomic E-state index is 14.6.